The Labute approximate surface area is 140 Å². The molecule has 0 bridgehead atoms. The Bertz CT molecular complexity index is 847. The van der Waals surface area contributed by atoms with Crippen LogP contribution in [0.1, 0.15) is 16.7 Å². The van der Waals surface area contributed by atoms with Gasteiger partial charge in [0.25, 0.3) is 0 Å². The minimum atomic E-state index is 0.516. The fourth-order valence-electron chi connectivity index (χ4n) is 2.56. The fourth-order valence-corrected chi connectivity index (χ4v) is 2.56. The van der Waals surface area contributed by atoms with E-state index in [1.54, 1.807) is 18.2 Å². The first-order chi connectivity index (χ1) is 11.7. The molecule has 4 nitrogen and oxygen atoms in total. The molecule has 24 heavy (non-hydrogen) atoms. The first-order valence-electron chi connectivity index (χ1n) is 7.55. The standard InChI is InChI=1S/C20H17N3O/c21-13-19-15(10-14-4-1-6-16(22)11-14)5-2-9-20(19)24-18-8-3-7-17(23)12-18/h1-9,11-12H,10,22-23H2. The molecule has 3 aromatic rings. The highest BCUT2D eigenvalue weighted by Gasteiger charge is 2.11. The van der Waals surface area contributed by atoms with Gasteiger partial charge >= 0.3 is 0 Å². The van der Waals surface area contributed by atoms with E-state index in [-0.39, 0.29) is 0 Å². The maximum Gasteiger partial charge on any atom is 0.145 e. The van der Waals surface area contributed by atoms with E-state index >= 15 is 0 Å². The number of rotatable bonds is 4. The van der Waals surface area contributed by atoms with E-state index < -0.39 is 0 Å². The van der Waals surface area contributed by atoms with Gasteiger partial charge in [0.15, 0.2) is 0 Å². The van der Waals surface area contributed by atoms with Crippen molar-refractivity contribution in [3.05, 3.63) is 83.4 Å². The third-order valence-electron chi connectivity index (χ3n) is 3.66. The Kier molecular flexibility index (Phi) is 4.35. The van der Waals surface area contributed by atoms with Crippen LogP contribution in [0.5, 0.6) is 11.5 Å². The van der Waals surface area contributed by atoms with Gasteiger partial charge in [0, 0.05) is 17.4 Å². The second-order valence-corrected chi connectivity index (χ2v) is 5.50. The van der Waals surface area contributed by atoms with Gasteiger partial charge in [-0.2, -0.15) is 5.26 Å². The van der Waals surface area contributed by atoms with Crippen LogP contribution in [-0.2, 0) is 6.42 Å². The summed E-state index contributed by atoms with van der Waals surface area (Å²) in [6.45, 7) is 0. The summed E-state index contributed by atoms with van der Waals surface area (Å²) in [5, 5.41) is 9.59. The van der Waals surface area contributed by atoms with E-state index in [9.17, 15) is 5.26 Å². The molecule has 0 spiro atoms. The van der Waals surface area contributed by atoms with Crippen molar-refractivity contribution in [2.75, 3.05) is 11.5 Å². The van der Waals surface area contributed by atoms with Gasteiger partial charge in [0.2, 0.25) is 0 Å². The molecule has 0 radical (unpaired) electrons. The predicted molar refractivity (Wildman–Crippen MR) is 95.7 cm³/mol. The van der Waals surface area contributed by atoms with Crippen molar-refractivity contribution in [3.8, 4) is 17.6 Å². The number of nitrogen functional groups attached to an aromatic ring is 2. The van der Waals surface area contributed by atoms with E-state index in [1.165, 1.54) is 0 Å². The molecular formula is C20H17N3O. The molecule has 4 heteroatoms. The molecule has 0 amide bonds. The Morgan fingerprint density at radius 2 is 1.58 bits per heavy atom. The molecule has 4 N–H and O–H groups in total. The van der Waals surface area contributed by atoms with Crippen molar-refractivity contribution >= 4 is 11.4 Å². The minimum Gasteiger partial charge on any atom is -0.456 e. The van der Waals surface area contributed by atoms with Gasteiger partial charge in [0.1, 0.15) is 17.6 Å². The zero-order valence-corrected chi connectivity index (χ0v) is 13.1. The van der Waals surface area contributed by atoms with Crippen molar-refractivity contribution < 1.29 is 4.74 Å². The molecule has 118 valence electrons. The van der Waals surface area contributed by atoms with Crippen LogP contribution < -0.4 is 16.2 Å². The van der Waals surface area contributed by atoms with Crippen molar-refractivity contribution in [3.63, 3.8) is 0 Å². The molecular weight excluding hydrogens is 298 g/mol. The van der Waals surface area contributed by atoms with E-state index in [1.807, 2.05) is 48.5 Å². The van der Waals surface area contributed by atoms with Gasteiger partial charge in [-0.25, -0.2) is 0 Å². The number of nitriles is 1. The summed E-state index contributed by atoms with van der Waals surface area (Å²) >= 11 is 0. The third kappa shape index (κ3) is 3.47. The number of nitrogens with two attached hydrogens (primary N) is 2. The lowest BCUT2D eigenvalue weighted by atomic mass is 9.99. The molecule has 0 heterocycles. The zero-order chi connectivity index (χ0) is 16.9. The molecule has 0 aliphatic heterocycles. The van der Waals surface area contributed by atoms with E-state index in [2.05, 4.69) is 6.07 Å². The van der Waals surface area contributed by atoms with Gasteiger partial charge in [-0.3, -0.25) is 0 Å². The second-order valence-electron chi connectivity index (χ2n) is 5.50. The molecule has 0 saturated carbocycles. The maximum absolute atomic E-state index is 9.59. The highest BCUT2D eigenvalue weighted by atomic mass is 16.5. The summed E-state index contributed by atoms with van der Waals surface area (Å²) in [7, 11) is 0. The quantitative estimate of drug-likeness (QED) is 0.710. The van der Waals surface area contributed by atoms with Gasteiger partial charge in [-0.1, -0.05) is 30.3 Å². The van der Waals surface area contributed by atoms with E-state index in [0.717, 1.165) is 11.1 Å². The number of nitrogens with zero attached hydrogens (tertiary/aromatic N) is 1. The van der Waals surface area contributed by atoms with Crippen LogP contribution in [0.2, 0.25) is 0 Å². The second kappa shape index (κ2) is 6.76. The average Bonchev–Trinajstić information content (AvgIpc) is 2.55. The predicted octanol–water partition coefficient (Wildman–Crippen LogP) is 4.11. The molecule has 0 fully saturated rings. The van der Waals surface area contributed by atoms with Crippen molar-refractivity contribution in [2.24, 2.45) is 0 Å². The normalized spacial score (nSPS) is 10.1. The third-order valence-corrected chi connectivity index (χ3v) is 3.66. The van der Waals surface area contributed by atoms with Crippen LogP contribution in [-0.4, -0.2) is 0 Å². The van der Waals surface area contributed by atoms with Crippen LogP contribution >= 0.6 is 0 Å². The van der Waals surface area contributed by atoms with Gasteiger partial charge < -0.3 is 16.2 Å². The molecule has 0 atom stereocenters. The summed E-state index contributed by atoms with van der Waals surface area (Å²) in [5.41, 5.74) is 15.4. The molecule has 0 unspecified atom stereocenters. The fraction of sp³-hybridized carbons (Fsp3) is 0.0500. The highest BCUT2D eigenvalue weighted by Crippen LogP contribution is 2.29. The van der Waals surface area contributed by atoms with Crippen LogP contribution in [0.3, 0.4) is 0 Å². The Hall–Kier alpha value is -3.45. The number of hydrogen-bond donors (Lipinski definition) is 2. The summed E-state index contributed by atoms with van der Waals surface area (Å²) in [6.07, 6.45) is 0.613. The number of hydrogen-bond acceptors (Lipinski definition) is 4. The molecule has 0 saturated heterocycles. The number of ether oxygens (including phenoxy) is 1. The van der Waals surface area contributed by atoms with Crippen molar-refractivity contribution in [1.29, 1.82) is 5.26 Å². The van der Waals surface area contributed by atoms with E-state index in [0.29, 0.717) is 34.9 Å². The van der Waals surface area contributed by atoms with Crippen LogP contribution in [0.25, 0.3) is 0 Å². The summed E-state index contributed by atoms with van der Waals surface area (Å²) < 4.78 is 5.86. The Balaban J connectivity index is 1.93. The van der Waals surface area contributed by atoms with E-state index in [4.69, 9.17) is 16.2 Å². The Morgan fingerprint density at radius 1 is 0.875 bits per heavy atom. The van der Waals surface area contributed by atoms with Crippen LogP contribution in [0.4, 0.5) is 11.4 Å². The first-order valence-corrected chi connectivity index (χ1v) is 7.55. The largest absolute Gasteiger partial charge is 0.456 e. The van der Waals surface area contributed by atoms with Gasteiger partial charge in [-0.05, 0) is 47.9 Å². The minimum absolute atomic E-state index is 0.516. The number of anilines is 2. The van der Waals surface area contributed by atoms with Gasteiger partial charge in [0.05, 0.1) is 5.56 Å². The van der Waals surface area contributed by atoms with Crippen LogP contribution in [0.15, 0.2) is 66.7 Å². The van der Waals surface area contributed by atoms with Crippen LogP contribution in [0, 0.1) is 11.3 Å². The molecule has 3 aromatic carbocycles. The lowest BCUT2D eigenvalue weighted by molar-refractivity contribution is 0.481. The smallest absolute Gasteiger partial charge is 0.145 e. The maximum atomic E-state index is 9.59. The Morgan fingerprint density at radius 3 is 2.29 bits per heavy atom. The molecule has 0 aliphatic rings. The molecule has 0 aliphatic carbocycles. The lowest BCUT2D eigenvalue weighted by Gasteiger charge is -2.11. The monoisotopic (exact) mass is 315 g/mol. The SMILES string of the molecule is N#Cc1c(Cc2cccc(N)c2)cccc1Oc1cccc(N)c1. The number of benzene rings is 3. The summed E-state index contributed by atoms with van der Waals surface area (Å²) in [4.78, 5) is 0. The lowest BCUT2D eigenvalue weighted by Crippen LogP contribution is -1.97. The average molecular weight is 315 g/mol. The topological polar surface area (TPSA) is 85.1 Å². The highest BCUT2D eigenvalue weighted by molar-refractivity contribution is 5.53. The summed E-state index contributed by atoms with van der Waals surface area (Å²) in [6, 6.07) is 22.6. The first kappa shape index (κ1) is 15.4. The summed E-state index contributed by atoms with van der Waals surface area (Å²) in [5.74, 6) is 1.12. The molecule has 3 rings (SSSR count). The molecule has 0 aromatic heterocycles. The van der Waals surface area contributed by atoms with Crippen molar-refractivity contribution in [2.45, 2.75) is 6.42 Å². The van der Waals surface area contributed by atoms with Gasteiger partial charge in [-0.15, -0.1) is 0 Å². The van der Waals surface area contributed by atoms with Crippen molar-refractivity contribution in [1.82, 2.24) is 0 Å². The zero-order valence-electron chi connectivity index (χ0n) is 13.1.